The number of imide groups is 1. The Kier molecular flexibility index (Phi) is 6.31. The molecule has 6 nitrogen and oxygen atoms in total. The first-order valence-electron chi connectivity index (χ1n) is 10.5. The van der Waals surface area contributed by atoms with Gasteiger partial charge in [0.2, 0.25) is 5.91 Å². The number of para-hydroxylation sites is 1. The molecule has 2 aromatic carbocycles. The molecular weight excluding hydrogens is 477 g/mol. The SMILES string of the molecule is CC1=CC(C)(C)N(C)c2cc(Cl)c(/C=C3\SC(=O)N(CC(=O)Nc4ccccc4F)C3=O)cc21. The Labute approximate surface area is 206 Å². The summed E-state index contributed by atoms with van der Waals surface area (Å²) in [6, 6.07) is 9.42. The number of fused-ring (bicyclic) bond motifs is 1. The molecule has 2 aliphatic heterocycles. The molecule has 34 heavy (non-hydrogen) atoms. The molecule has 2 heterocycles. The number of thioether (sulfide) groups is 1. The van der Waals surface area contributed by atoms with Crippen molar-refractivity contribution in [3.05, 3.63) is 69.3 Å². The fraction of sp³-hybridized carbons (Fsp3) is 0.240. The summed E-state index contributed by atoms with van der Waals surface area (Å²) in [5, 5.41) is 2.25. The standard InChI is InChI=1S/C25H23ClFN3O3S/c1-14-12-25(2,3)29(4)20-11-17(26)15(9-16(14)20)10-21-23(32)30(24(33)34-21)13-22(31)28-19-8-6-5-7-18(19)27/h5-12H,13H2,1-4H3,(H,28,31)/b21-10-. The lowest BCUT2D eigenvalue weighted by Crippen LogP contribution is -2.42. The van der Waals surface area contributed by atoms with Crippen LogP contribution in [0, 0.1) is 5.82 Å². The summed E-state index contributed by atoms with van der Waals surface area (Å²) < 4.78 is 13.8. The van der Waals surface area contributed by atoms with Gasteiger partial charge in [0.15, 0.2) is 0 Å². The first-order chi connectivity index (χ1) is 16.0. The number of benzene rings is 2. The zero-order valence-electron chi connectivity index (χ0n) is 19.1. The lowest BCUT2D eigenvalue weighted by molar-refractivity contribution is -0.127. The van der Waals surface area contributed by atoms with Crippen LogP contribution in [0.5, 0.6) is 0 Å². The number of likely N-dealkylation sites (N-methyl/N-ethyl adjacent to an activating group) is 1. The predicted molar refractivity (Wildman–Crippen MR) is 135 cm³/mol. The average molecular weight is 500 g/mol. The molecule has 176 valence electrons. The summed E-state index contributed by atoms with van der Waals surface area (Å²) in [5.41, 5.74) is 3.46. The summed E-state index contributed by atoms with van der Waals surface area (Å²) in [4.78, 5) is 40.8. The summed E-state index contributed by atoms with van der Waals surface area (Å²) >= 11 is 7.28. The van der Waals surface area contributed by atoms with E-state index in [1.807, 2.05) is 26.1 Å². The minimum absolute atomic E-state index is 0.0209. The third-order valence-corrected chi connectivity index (χ3v) is 7.18. The third-order valence-electron chi connectivity index (χ3n) is 5.95. The van der Waals surface area contributed by atoms with E-state index >= 15 is 0 Å². The molecule has 0 aromatic heterocycles. The van der Waals surface area contributed by atoms with Crippen molar-refractivity contribution in [1.29, 1.82) is 0 Å². The van der Waals surface area contributed by atoms with E-state index in [2.05, 4.69) is 30.1 Å². The number of carbonyl (C=O) groups excluding carboxylic acids is 3. The van der Waals surface area contributed by atoms with Gasteiger partial charge >= 0.3 is 0 Å². The summed E-state index contributed by atoms with van der Waals surface area (Å²) in [5.74, 6) is -1.88. The summed E-state index contributed by atoms with van der Waals surface area (Å²) in [7, 11) is 2.00. The fourth-order valence-electron chi connectivity index (χ4n) is 3.97. The monoisotopic (exact) mass is 499 g/mol. The molecule has 1 saturated heterocycles. The maximum absolute atomic E-state index is 13.8. The molecule has 0 saturated carbocycles. The highest BCUT2D eigenvalue weighted by Crippen LogP contribution is 2.42. The number of carbonyl (C=O) groups is 3. The van der Waals surface area contributed by atoms with Gasteiger partial charge in [-0.2, -0.15) is 0 Å². The second kappa shape index (κ2) is 8.92. The van der Waals surface area contributed by atoms with Crippen LogP contribution < -0.4 is 10.2 Å². The average Bonchev–Trinajstić information content (AvgIpc) is 3.02. The van der Waals surface area contributed by atoms with Crippen LogP contribution >= 0.6 is 23.4 Å². The quantitative estimate of drug-likeness (QED) is 0.539. The molecule has 0 spiro atoms. The van der Waals surface area contributed by atoms with Gasteiger partial charge in [-0.15, -0.1) is 0 Å². The molecule has 0 bridgehead atoms. The van der Waals surface area contributed by atoms with Crippen LogP contribution in [0.1, 0.15) is 31.9 Å². The Morgan fingerprint density at radius 2 is 1.94 bits per heavy atom. The molecule has 3 amide bonds. The van der Waals surface area contributed by atoms with E-state index in [9.17, 15) is 18.8 Å². The Hall–Kier alpha value is -3.10. The van der Waals surface area contributed by atoms with Crippen LogP contribution in [-0.2, 0) is 9.59 Å². The smallest absolute Gasteiger partial charge is 0.294 e. The van der Waals surface area contributed by atoms with Crippen molar-refractivity contribution < 1.29 is 18.8 Å². The van der Waals surface area contributed by atoms with Gasteiger partial charge in [0.1, 0.15) is 12.4 Å². The van der Waals surface area contributed by atoms with E-state index in [-0.39, 0.29) is 16.1 Å². The van der Waals surface area contributed by atoms with Crippen molar-refractivity contribution in [3.8, 4) is 0 Å². The van der Waals surface area contributed by atoms with E-state index < -0.39 is 29.4 Å². The van der Waals surface area contributed by atoms with Crippen molar-refractivity contribution in [1.82, 2.24) is 4.90 Å². The predicted octanol–water partition coefficient (Wildman–Crippen LogP) is 5.79. The maximum atomic E-state index is 13.8. The molecule has 0 radical (unpaired) electrons. The van der Waals surface area contributed by atoms with E-state index in [0.29, 0.717) is 10.6 Å². The number of amides is 3. The number of allylic oxidation sites excluding steroid dienone is 1. The number of hydrogen-bond acceptors (Lipinski definition) is 5. The number of halogens is 2. The van der Waals surface area contributed by atoms with Crippen molar-refractivity contribution in [2.24, 2.45) is 0 Å². The van der Waals surface area contributed by atoms with E-state index in [0.717, 1.165) is 33.5 Å². The number of hydrogen-bond donors (Lipinski definition) is 1. The molecule has 1 fully saturated rings. The summed E-state index contributed by atoms with van der Waals surface area (Å²) in [6.07, 6.45) is 3.73. The van der Waals surface area contributed by atoms with Crippen LogP contribution in [0.15, 0.2) is 47.4 Å². The number of rotatable bonds is 4. The van der Waals surface area contributed by atoms with Gasteiger partial charge in [-0.05, 0) is 74.0 Å². The van der Waals surface area contributed by atoms with Crippen LogP contribution in [0.3, 0.4) is 0 Å². The number of nitrogens with one attached hydrogen (secondary N) is 1. The lowest BCUT2D eigenvalue weighted by atomic mass is 9.88. The normalized spacial score (nSPS) is 18.3. The molecule has 2 aliphatic rings. The van der Waals surface area contributed by atoms with Gasteiger partial charge in [-0.1, -0.05) is 29.8 Å². The van der Waals surface area contributed by atoms with E-state index in [4.69, 9.17) is 11.6 Å². The molecule has 0 unspecified atom stereocenters. The molecular formula is C25H23ClFN3O3S. The highest BCUT2D eigenvalue weighted by atomic mass is 35.5. The van der Waals surface area contributed by atoms with Gasteiger partial charge < -0.3 is 10.2 Å². The molecule has 2 aromatic rings. The maximum Gasteiger partial charge on any atom is 0.294 e. The topological polar surface area (TPSA) is 69.7 Å². The minimum atomic E-state index is -0.674. The molecule has 1 N–H and O–H groups in total. The van der Waals surface area contributed by atoms with Gasteiger partial charge in [0.05, 0.1) is 16.1 Å². The van der Waals surface area contributed by atoms with Crippen molar-refractivity contribution >= 4 is 63.4 Å². The number of anilines is 2. The van der Waals surface area contributed by atoms with Gasteiger partial charge in [-0.3, -0.25) is 19.3 Å². The Morgan fingerprint density at radius 3 is 2.65 bits per heavy atom. The Balaban J connectivity index is 1.56. The van der Waals surface area contributed by atoms with Gasteiger partial charge in [0.25, 0.3) is 11.1 Å². The van der Waals surface area contributed by atoms with E-state index in [1.165, 1.54) is 18.2 Å². The third kappa shape index (κ3) is 4.48. The molecule has 0 aliphatic carbocycles. The van der Waals surface area contributed by atoms with Crippen molar-refractivity contribution in [3.63, 3.8) is 0 Å². The second-order valence-electron chi connectivity index (χ2n) is 8.73. The highest BCUT2D eigenvalue weighted by Gasteiger charge is 2.37. The van der Waals surface area contributed by atoms with Crippen LogP contribution in [0.2, 0.25) is 5.02 Å². The van der Waals surface area contributed by atoms with Crippen LogP contribution in [0.4, 0.5) is 20.6 Å². The molecule has 9 heteroatoms. The van der Waals surface area contributed by atoms with E-state index in [1.54, 1.807) is 12.1 Å². The minimum Gasteiger partial charge on any atom is -0.365 e. The van der Waals surface area contributed by atoms with Gasteiger partial charge in [0, 0.05) is 23.3 Å². The largest absolute Gasteiger partial charge is 0.365 e. The summed E-state index contributed by atoms with van der Waals surface area (Å²) in [6.45, 7) is 5.72. The highest BCUT2D eigenvalue weighted by molar-refractivity contribution is 8.18. The van der Waals surface area contributed by atoms with Gasteiger partial charge in [-0.25, -0.2) is 4.39 Å². The Bertz CT molecular complexity index is 1290. The number of nitrogens with zero attached hydrogens (tertiary/aromatic N) is 2. The van der Waals surface area contributed by atoms with Crippen LogP contribution in [-0.4, -0.2) is 41.1 Å². The van der Waals surface area contributed by atoms with Crippen LogP contribution in [0.25, 0.3) is 11.6 Å². The first kappa shape index (κ1) is 24.0. The zero-order valence-corrected chi connectivity index (χ0v) is 20.7. The molecule has 0 atom stereocenters. The fourth-order valence-corrected chi connectivity index (χ4v) is 5.01. The molecule has 4 rings (SSSR count). The van der Waals surface area contributed by atoms with Crippen molar-refractivity contribution in [2.45, 2.75) is 26.3 Å². The first-order valence-corrected chi connectivity index (χ1v) is 11.7. The zero-order chi connectivity index (χ0) is 24.8. The Morgan fingerprint density at radius 1 is 1.24 bits per heavy atom. The van der Waals surface area contributed by atoms with Crippen molar-refractivity contribution in [2.75, 3.05) is 23.8 Å². The second-order valence-corrected chi connectivity index (χ2v) is 10.1. The lowest BCUT2D eigenvalue weighted by Gasteiger charge is -2.40.